The molecule has 29 heavy (non-hydrogen) atoms. The third kappa shape index (κ3) is 4.89. The highest BCUT2D eigenvalue weighted by Crippen LogP contribution is 2.32. The smallest absolute Gasteiger partial charge is 0.364 e. The summed E-state index contributed by atoms with van der Waals surface area (Å²) < 4.78 is 54.7. The second kappa shape index (κ2) is 7.35. The zero-order valence-electron chi connectivity index (χ0n) is 16.8. The molecule has 0 radical (unpaired) electrons. The first-order chi connectivity index (χ1) is 13.3. The van der Waals surface area contributed by atoms with Gasteiger partial charge in [-0.05, 0) is 36.1 Å². The van der Waals surface area contributed by atoms with Gasteiger partial charge in [0.2, 0.25) is 5.91 Å². The molecule has 2 heterocycles. The van der Waals surface area contributed by atoms with Crippen LogP contribution in [0.25, 0.3) is 0 Å². The summed E-state index contributed by atoms with van der Waals surface area (Å²) in [5, 5.41) is 6.23. The molecule has 0 spiro atoms. The minimum absolute atomic E-state index is 0.129. The van der Waals surface area contributed by atoms with Crippen molar-refractivity contribution in [3.8, 4) is 0 Å². The van der Waals surface area contributed by atoms with Crippen molar-refractivity contribution in [1.82, 2.24) is 9.78 Å². The van der Waals surface area contributed by atoms with Crippen molar-refractivity contribution in [2.75, 3.05) is 16.8 Å². The summed E-state index contributed by atoms with van der Waals surface area (Å²) in [6.07, 6.45) is -4.24. The van der Waals surface area contributed by atoms with Crippen LogP contribution in [0, 0.1) is 18.2 Å². The van der Waals surface area contributed by atoms with E-state index in [1.807, 2.05) is 20.8 Å². The van der Waals surface area contributed by atoms with Gasteiger partial charge in [-0.15, -0.1) is 0 Å². The number of alkyl halides is 3. The molecule has 1 aliphatic rings. The third-order valence-electron chi connectivity index (χ3n) is 4.68. The zero-order valence-corrected chi connectivity index (χ0v) is 16.8. The Morgan fingerprint density at radius 2 is 1.86 bits per heavy atom. The number of carbonyl (C=O) groups is 1. The van der Waals surface area contributed by atoms with E-state index in [4.69, 9.17) is 0 Å². The molecule has 158 valence electrons. The lowest BCUT2D eigenvalue weighted by atomic mass is 9.92. The summed E-state index contributed by atoms with van der Waals surface area (Å²) in [5.74, 6) is -0.842. The number of halogens is 4. The van der Waals surface area contributed by atoms with Gasteiger partial charge in [-0.25, -0.2) is 4.39 Å². The summed E-state index contributed by atoms with van der Waals surface area (Å²) in [5.41, 5.74) is 0.509. The van der Waals surface area contributed by atoms with E-state index in [1.165, 1.54) is 10.7 Å². The average molecular weight is 412 g/mol. The number of nitrogens with one attached hydrogen (secondary N) is 1. The molecule has 1 aromatic carbocycles. The van der Waals surface area contributed by atoms with E-state index in [9.17, 15) is 22.4 Å². The van der Waals surface area contributed by atoms with Crippen LogP contribution in [0.15, 0.2) is 18.2 Å². The van der Waals surface area contributed by atoms with Crippen LogP contribution in [0.3, 0.4) is 0 Å². The van der Waals surface area contributed by atoms with Crippen LogP contribution in [0.4, 0.5) is 28.9 Å². The lowest BCUT2D eigenvalue weighted by Crippen LogP contribution is -2.34. The fraction of sp³-hybridized carbons (Fsp3) is 0.500. The number of aromatic nitrogens is 2. The van der Waals surface area contributed by atoms with Gasteiger partial charge in [0.1, 0.15) is 5.82 Å². The quantitative estimate of drug-likeness (QED) is 0.741. The number of anilines is 2. The molecular formula is C20H24F4N4O. The van der Waals surface area contributed by atoms with Crippen LogP contribution in [0.1, 0.15) is 44.1 Å². The molecule has 0 saturated carbocycles. The average Bonchev–Trinajstić information content (AvgIpc) is 3.00. The van der Waals surface area contributed by atoms with E-state index >= 15 is 0 Å². The SMILES string of the molecule is Cc1cc(N2CCn3nc(C(F)(F)F)cc3C2)cc(F)c1NC(=O)CC(C)(C)C. The number of hydrogen-bond donors (Lipinski definition) is 1. The van der Waals surface area contributed by atoms with Crippen LogP contribution >= 0.6 is 0 Å². The molecule has 1 N–H and O–H groups in total. The highest BCUT2D eigenvalue weighted by atomic mass is 19.4. The molecule has 0 bridgehead atoms. The van der Waals surface area contributed by atoms with E-state index in [-0.39, 0.29) is 36.5 Å². The Morgan fingerprint density at radius 3 is 2.45 bits per heavy atom. The van der Waals surface area contributed by atoms with Crippen LogP contribution in [0.2, 0.25) is 0 Å². The number of carbonyl (C=O) groups excluding carboxylic acids is 1. The topological polar surface area (TPSA) is 50.2 Å². The molecule has 0 aliphatic carbocycles. The largest absolute Gasteiger partial charge is 0.435 e. The van der Waals surface area contributed by atoms with E-state index in [1.54, 1.807) is 17.9 Å². The number of hydrogen-bond acceptors (Lipinski definition) is 3. The lowest BCUT2D eigenvalue weighted by molar-refractivity contribution is -0.141. The van der Waals surface area contributed by atoms with Crippen molar-refractivity contribution in [3.05, 3.63) is 41.0 Å². The summed E-state index contributed by atoms with van der Waals surface area (Å²) in [4.78, 5) is 13.9. The Labute approximate surface area is 166 Å². The van der Waals surface area contributed by atoms with Gasteiger partial charge in [0, 0.05) is 18.7 Å². The van der Waals surface area contributed by atoms with E-state index in [0.29, 0.717) is 23.5 Å². The molecule has 1 aromatic heterocycles. The summed E-state index contributed by atoms with van der Waals surface area (Å²) in [7, 11) is 0. The minimum atomic E-state index is -4.50. The molecule has 3 rings (SSSR count). The maximum Gasteiger partial charge on any atom is 0.435 e. The Hall–Kier alpha value is -2.58. The number of benzene rings is 1. The van der Waals surface area contributed by atoms with Gasteiger partial charge >= 0.3 is 6.18 Å². The third-order valence-corrected chi connectivity index (χ3v) is 4.68. The van der Waals surface area contributed by atoms with E-state index in [0.717, 1.165) is 6.07 Å². The van der Waals surface area contributed by atoms with Crippen LogP contribution < -0.4 is 10.2 Å². The molecular weight excluding hydrogens is 388 g/mol. The molecule has 5 nitrogen and oxygen atoms in total. The molecule has 0 saturated heterocycles. The minimum Gasteiger partial charge on any atom is -0.364 e. The monoisotopic (exact) mass is 412 g/mol. The summed E-state index contributed by atoms with van der Waals surface area (Å²) >= 11 is 0. The van der Waals surface area contributed by atoms with Gasteiger partial charge in [-0.1, -0.05) is 20.8 Å². The van der Waals surface area contributed by atoms with Crippen LogP contribution in [-0.4, -0.2) is 22.2 Å². The first-order valence-corrected chi connectivity index (χ1v) is 9.32. The summed E-state index contributed by atoms with van der Waals surface area (Å²) in [6.45, 7) is 8.32. The fourth-order valence-corrected chi connectivity index (χ4v) is 3.36. The maximum atomic E-state index is 14.7. The van der Waals surface area contributed by atoms with Gasteiger partial charge in [0.15, 0.2) is 5.69 Å². The number of amides is 1. The van der Waals surface area contributed by atoms with E-state index < -0.39 is 17.7 Å². The summed E-state index contributed by atoms with van der Waals surface area (Å²) in [6, 6.07) is 4.05. The molecule has 1 amide bonds. The van der Waals surface area contributed by atoms with Crippen molar-refractivity contribution >= 4 is 17.3 Å². The molecule has 0 unspecified atom stereocenters. The normalized spacial score (nSPS) is 14.7. The van der Waals surface area contributed by atoms with Gasteiger partial charge in [-0.2, -0.15) is 18.3 Å². The first kappa shape index (κ1) is 21.1. The highest BCUT2D eigenvalue weighted by Gasteiger charge is 2.35. The molecule has 9 heteroatoms. The zero-order chi connectivity index (χ0) is 21.6. The second-order valence-electron chi connectivity index (χ2n) is 8.57. The number of fused-ring (bicyclic) bond motifs is 1. The van der Waals surface area contributed by atoms with Crippen molar-refractivity contribution in [2.45, 2.75) is 53.4 Å². The van der Waals surface area contributed by atoms with Crippen LogP contribution in [-0.2, 0) is 24.1 Å². The predicted octanol–water partition coefficient (Wildman–Crippen LogP) is 4.74. The lowest BCUT2D eigenvalue weighted by Gasteiger charge is -2.30. The first-order valence-electron chi connectivity index (χ1n) is 9.32. The van der Waals surface area contributed by atoms with Crippen molar-refractivity contribution in [2.24, 2.45) is 5.41 Å². The number of nitrogens with zero attached hydrogens (tertiary/aromatic N) is 3. The van der Waals surface area contributed by atoms with Crippen molar-refractivity contribution in [3.63, 3.8) is 0 Å². The second-order valence-corrected chi connectivity index (χ2v) is 8.57. The Bertz CT molecular complexity index is 905. The van der Waals surface area contributed by atoms with Gasteiger partial charge in [-0.3, -0.25) is 9.48 Å². The highest BCUT2D eigenvalue weighted by molar-refractivity contribution is 5.92. The van der Waals surface area contributed by atoms with Crippen LogP contribution in [0.5, 0.6) is 0 Å². The Balaban J connectivity index is 1.79. The molecule has 0 fully saturated rings. The molecule has 1 aliphatic heterocycles. The predicted molar refractivity (Wildman–Crippen MR) is 102 cm³/mol. The fourth-order valence-electron chi connectivity index (χ4n) is 3.36. The standard InChI is InChI=1S/C20H24F4N4O/c1-12-7-13(8-15(21)18(12)25-17(29)10-19(2,3)4)27-5-6-28-14(11-27)9-16(26-28)20(22,23)24/h7-9H,5-6,10-11H2,1-4H3,(H,25,29). The molecule has 0 atom stereocenters. The maximum absolute atomic E-state index is 14.7. The molecule has 2 aromatic rings. The van der Waals surface area contributed by atoms with Crippen molar-refractivity contribution in [1.29, 1.82) is 0 Å². The van der Waals surface area contributed by atoms with Gasteiger partial charge in [0.05, 0.1) is 24.5 Å². The van der Waals surface area contributed by atoms with Crippen molar-refractivity contribution < 1.29 is 22.4 Å². The number of aryl methyl sites for hydroxylation is 1. The van der Waals surface area contributed by atoms with Gasteiger partial charge < -0.3 is 10.2 Å². The van der Waals surface area contributed by atoms with E-state index in [2.05, 4.69) is 10.4 Å². The number of rotatable bonds is 3. The Morgan fingerprint density at radius 1 is 1.17 bits per heavy atom. The van der Waals surface area contributed by atoms with Gasteiger partial charge in [0.25, 0.3) is 0 Å². The Kier molecular flexibility index (Phi) is 5.36.